The van der Waals surface area contributed by atoms with Gasteiger partial charge in [-0.1, -0.05) is 12.1 Å². The van der Waals surface area contributed by atoms with Gasteiger partial charge in [-0.3, -0.25) is 0 Å². The molecule has 82 valence electrons. The molecule has 15 heavy (non-hydrogen) atoms. The molecule has 0 amide bonds. The molecule has 0 saturated carbocycles. The molecule has 1 N–H and O–H groups in total. The van der Waals surface area contributed by atoms with Gasteiger partial charge in [0.15, 0.2) is 11.5 Å². The van der Waals surface area contributed by atoms with E-state index in [2.05, 4.69) is 0 Å². The monoisotopic (exact) mass is 210 g/mol. The van der Waals surface area contributed by atoms with Gasteiger partial charge < -0.3 is 19.3 Å². The quantitative estimate of drug-likeness (QED) is 0.707. The first-order valence-electron chi connectivity index (χ1n) is 4.97. The number of aliphatic hydroxyl groups is 1. The largest absolute Gasteiger partial charge is 0.487 e. The minimum Gasteiger partial charge on any atom is -0.487 e. The van der Waals surface area contributed by atoms with Crippen LogP contribution in [0.1, 0.15) is 0 Å². The van der Waals surface area contributed by atoms with Gasteiger partial charge in [0.05, 0.1) is 13.2 Å². The van der Waals surface area contributed by atoms with Crippen LogP contribution in [0.2, 0.25) is 0 Å². The summed E-state index contributed by atoms with van der Waals surface area (Å²) < 4.78 is 15.9. The molecule has 0 bridgehead atoms. The second-order valence-corrected chi connectivity index (χ2v) is 3.29. The predicted octanol–water partition coefficient (Wildman–Crippen LogP) is 0.835. The van der Waals surface area contributed by atoms with Crippen molar-refractivity contribution < 1.29 is 19.3 Å². The maximum absolute atomic E-state index is 8.66. The molecule has 1 atom stereocenters. The minimum absolute atomic E-state index is 0.0000698. The molecule has 1 aromatic carbocycles. The van der Waals surface area contributed by atoms with Gasteiger partial charge in [0.1, 0.15) is 19.3 Å². The second-order valence-electron chi connectivity index (χ2n) is 3.29. The summed E-state index contributed by atoms with van der Waals surface area (Å²) in [4.78, 5) is 0. The Kier molecular flexibility index (Phi) is 3.42. The maximum Gasteiger partial charge on any atom is 0.161 e. The number of hydrogen-bond donors (Lipinski definition) is 1. The van der Waals surface area contributed by atoms with E-state index in [1.165, 1.54) is 0 Å². The van der Waals surface area contributed by atoms with Gasteiger partial charge in [0.2, 0.25) is 0 Å². The lowest BCUT2D eigenvalue weighted by Gasteiger charge is -2.10. The molecule has 2 rings (SSSR count). The summed E-state index contributed by atoms with van der Waals surface area (Å²) in [5, 5.41) is 8.66. The van der Waals surface area contributed by atoms with E-state index in [1.807, 2.05) is 24.3 Å². The van der Waals surface area contributed by atoms with Crippen LogP contribution in [0.3, 0.4) is 0 Å². The van der Waals surface area contributed by atoms with Gasteiger partial charge >= 0.3 is 0 Å². The Bertz CT molecular complexity index is 309. The van der Waals surface area contributed by atoms with Crippen molar-refractivity contribution in [1.29, 1.82) is 0 Å². The highest BCUT2D eigenvalue weighted by atomic mass is 16.6. The van der Waals surface area contributed by atoms with Gasteiger partial charge in [0, 0.05) is 0 Å². The summed E-state index contributed by atoms with van der Waals surface area (Å²) in [5.41, 5.74) is 0. The fraction of sp³-hybridized carbons (Fsp3) is 0.455. The molecular formula is C11H14O4. The molecule has 1 fully saturated rings. The average molecular weight is 210 g/mol. The summed E-state index contributed by atoms with van der Waals surface area (Å²) in [7, 11) is 0. The van der Waals surface area contributed by atoms with Gasteiger partial charge in [-0.2, -0.15) is 0 Å². The van der Waals surface area contributed by atoms with Gasteiger partial charge in [-0.25, -0.2) is 0 Å². The van der Waals surface area contributed by atoms with Gasteiger partial charge in [-0.05, 0) is 12.1 Å². The lowest BCUT2D eigenvalue weighted by Crippen LogP contribution is -2.07. The minimum atomic E-state index is 0.0000698. The normalized spacial score (nSPS) is 18.6. The summed E-state index contributed by atoms with van der Waals surface area (Å²) in [6.07, 6.45) is 0.232. The standard InChI is InChI=1S/C11H14O4/c12-5-6-13-10-3-1-2-4-11(10)15-8-9-7-14-9/h1-4,9,12H,5-8H2. The SMILES string of the molecule is OCCOc1ccccc1OCC1CO1. The van der Waals surface area contributed by atoms with Crippen LogP contribution in [0.15, 0.2) is 24.3 Å². The van der Waals surface area contributed by atoms with Crippen LogP contribution in [0.25, 0.3) is 0 Å². The number of para-hydroxylation sites is 2. The zero-order valence-electron chi connectivity index (χ0n) is 8.39. The molecular weight excluding hydrogens is 196 g/mol. The zero-order chi connectivity index (χ0) is 10.5. The molecule has 1 heterocycles. The highest BCUT2D eigenvalue weighted by Gasteiger charge is 2.23. The van der Waals surface area contributed by atoms with Gasteiger partial charge in [-0.15, -0.1) is 0 Å². The van der Waals surface area contributed by atoms with Crippen molar-refractivity contribution in [3.63, 3.8) is 0 Å². The number of rotatable bonds is 6. The molecule has 1 aliphatic rings. The fourth-order valence-corrected chi connectivity index (χ4v) is 1.19. The van der Waals surface area contributed by atoms with Crippen LogP contribution in [-0.2, 0) is 4.74 Å². The third-order valence-corrected chi connectivity index (χ3v) is 2.03. The number of aliphatic hydroxyl groups excluding tert-OH is 1. The van der Waals surface area contributed by atoms with Crippen LogP contribution in [-0.4, -0.2) is 37.6 Å². The number of epoxide rings is 1. The topological polar surface area (TPSA) is 51.2 Å². The highest BCUT2D eigenvalue weighted by molar-refractivity contribution is 5.39. The zero-order valence-corrected chi connectivity index (χ0v) is 8.39. The Hall–Kier alpha value is -1.26. The molecule has 1 aliphatic heterocycles. The van der Waals surface area contributed by atoms with Crippen LogP contribution >= 0.6 is 0 Å². The molecule has 1 saturated heterocycles. The van der Waals surface area contributed by atoms with Crippen molar-refractivity contribution in [2.75, 3.05) is 26.4 Å². The van der Waals surface area contributed by atoms with Crippen molar-refractivity contribution in [1.82, 2.24) is 0 Å². The third kappa shape index (κ3) is 3.11. The van der Waals surface area contributed by atoms with Crippen molar-refractivity contribution in [2.45, 2.75) is 6.10 Å². The van der Waals surface area contributed by atoms with Crippen molar-refractivity contribution in [3.8, 4) is 11.5 Å². The van der Waals surface area contributed by atoms with Crippen LogP contribution < -0.4 is 9.47 Å². The van der Waals surface area contributed by atoms with E-state index in [0.29, 0.717) is 18.1 Å². The van der Waals surface area contributed by atoms with Crippen molar-refractivity contribution in [3.05, 3.63) is 24.3 Å². The Labute approximate surface area is 88.4 Å². The number of benzene rings is 1. The maximum atomic E-state index is 8.66. The fourth-order valence-electron chi connectivity index (χ4n) is 1.19. The van der Waals surface area contributed by atoms with E-state index in [0.717, 1.165) is 6.61 Å². The van der Waals surface area contributed by atoms with E-state index in [1.54, 1.807) is 0 Å². The summed E-state index contributed by atoms with van der Waals surface area (Å²) in [6, 6.07) is 7.41. The predicted molar refractivity (Wildman–Crippen MR) is 54.3 cm³/mol. The first-order valence-corrected chi connectivity index (χ1v) is 4.97. The third-order valence-electron chi connectivity index (χ3n) is 2.03. The number of ether oxygens (including phenoxy) is 3. The summed E-state index contributed by atoms with van der Waals surface area (Å²) >= 11 is 0. The number of hydrogen-bond acceptors (Lipinski definition) is 4. The first kappa shape index (κ1) is 10.3. The van der Waals surface area contributed by atoms with E-state index in [-0.39, 0.29) is 19.3 Å². The molecule has 0 aliphatic carbocycles. The average Bonchev–Trinajstić information content (AvgIpc) is 3.08. The van der Waals surface area contributed by atoms with Crippen LogP contribution in [0.5, 0.6) is 11.5 Å². The summed E-state index contributed by atoms with van der Waals surface area (Å²) in [5.74, 6) is 1.36. The smallest absolute Gasteiger partial charge is 0.161 e. The highest BCUT2D eigenvalue weighted by Crippen LogP contribution is 2.27. The van der Waals surface area contributed by atoms with E-state index < -0.39 is 0 Å². The van der Waals surface area contributed by atoms with Crippen molar-refractivity contribution >= 4 is 0 Å². The Morgan fingerprint density at radius 3 is 2.53 bits per heavy atom. The molecule has 0 aromatic heterocycles. The van der Waals surface area contributed by atoms with Crippen molar-refractivity contribution in [2.24, 2.45) is 0 Å². The molecule has 4 nitrogen and oxygen atoms in total. The second kappa shape index (κ2) is 5.00. The Morgan fingerprint density at radius 1 is 1.27 bits per heavy atom. The molecule has 1 unspecified atom stereocenters. The molecule has 4 heteroatoms. The molecule has 1 aromatic rings. The summed E-state index contributed by atoms with van der Waals surface area (Å²) in [6.45, 7) is 1.61. The molecule has 0 radical (unpaired) electrons. The lowest BCUT2D eigenvalue weighted by atomic mass is 10.3. The lowest BCUT2D eigenvalue weighted by molar-refractivity contribution is 0.190. The van der Waals surface area contributed by atoms with Crippen LogP contribution in [0, 0.1) is 0 Å². The Morgan fingerprint density at radius 2 is 1.93 bits per heavy atom. The van der Waals surface area contributed by atoms with Gasteiger partial charge in [0.25, 0.3) is 0 Å². The Balaban J connectivity index is 1.93. The van der Waals surface area contributed by atoms with E-state index in [4.69, 9.17) is 19.3 Å². The van der Waals surface area contributed by atoms with E-state index in [9.17, 15) is 0 Å². The van der Waals surface area contributed by atoms with E-state index >= 15 is 0 Å². The molecule has 0 spiro atoms. The first-order chi connectivity index (χ1) is 7.40. The van der Waals surface area contributed by atoms with Crippen LogP contribution in [0.4, 0.5) is 0 Å².